The van der Waals surface area contributed by atoms with Crippen LogP contribution in [0.15, 0.2) is 18.2 Å². The number of nitrogens with zero attached hydrogens (tertiary/aromatic N) is 1. The molecule has 1 fully saturated rings. The van der Waals surface area contributed by atoms with Crippen LogP contribution >= 0.6 is 0 Å². The van der Waals surface area contributed by atoms with Gasteiger partial charge >= 0.3 is 0 Å². The average molecular weight is 397 g/mol. The zero-order valence-corrected chi connectivity index (χ0v) is 16.9. The Kier molecular flexibility index (Phi) is 6.83. The third-order valence-electron chi connectivity index (χ3n) is 4.51. The first-order chi connectivity index (χ1) is 12.6. The van der Waals surface area contributed by atoms with Crippen molar-refractivity contribution in [3.05, 3.63) is 18.2 Å². The number of methoxy groups -OCH3 is 1. The molecule has 2 amide bonds. The van der Waals surface area contributed by atoms with Crippen molar-refractivity contribution in [3.63, 3.8) is 0 Å². The summed E-state index contributed by atoms with van der Waals surface area (Å²) in [4.78, 5) is 26.2. The summed E-state index contributed by atoms with van der Waals surface area (Å²) in [6, 6.07) is 4.84. The molecular formula is C18H27N3O5S. The normalized spacial score (nSPS) is 18.5. The number of rotatable bonds is 7. The molecule has 1 unspecified atom stereocenters. The molecule has 0 aliphatic carbocycles. The van der Waals surface area contributed by atoms with Crippen molar-refractivity contribution in [2.75, 3.05) is 42.8 Å². The predicted molar refractivity (Wildman–Crippen MR) is 105 cm³/mol. The number of likely N-dealkylation sites (N-methyl/N-ethyl adjacent to an activating group) is 1. The first kappa shape index (κ1) is 21.2. The average Bonchev–Trinajstić information content (AvgIpc) is 2.96. The molecule has 1 aromatic carbocycles. The molecule has 1 heterocycles. The smallest absolute Gasteiger partial charge is 0.238 e. The largest absolute Gasteiger partial charge is 0.497 e. The van der Waals surface area contributed by atoms with E-state index in [9.17, 15) is 18.0 Å². The number of hydrogen-bond acceptors (Lipinski definition) is 6. The molecule has 150 valence electrons. The van der Waals surface area contributed by atoms with Crippen LogP contribution in [-0.2, 0) is 19.4 Å². The highest BCUT2D eigenvalue weighted by Gasteiger charge is 2.31. The predicted octanol–water partition coefficient (Wildman–Crippen LogP) is 1.35. The lowest BCUT2D eigenvalue weighted by molar-refractivity contribution is -0.119. The lowest BCUT2D eigenvalue weighted by Gasteiger charge is -2.23. The lowest BCUT2D eigenvalue weighted by Crippen LogP contribution is -2.38. The Balaban J connectivity index is 2.07. The van der Waals surface area contributed by atoms with Gasteiger partial charge in [0.15, 0.2) is 9.84 Å². The Bertz CT molecular complexity index is 807. The van der Waals surface area contributed by atoms with Gasteiger partial charge in [-0.15, -0.1) is 0 Å². The van der Waals surface area contributed by atoms with Crippen molar-refractivity contribution >= 4 is 33.0 Å². The molecule has 9 heteroatoms. The van der Waals surface area contributed by atoms with Crippen LogP contribution in [0.4, 0.5) is 11.4 Å². The molecule has 0 radical (unpaired) electrons. The van der Waals surface area contributed by atoms with Gasteiger partial charge in [-0.2, -0.15) is 0 Å². The van der Waals surface area contributed by atoms with E-state index in [0.29, 0.717) is 23.5 Å². The van der Waals surface area contributed by atoms with Crippen molar-refractivity contribution in [2.45, 2.75) is 26.3 Å². The van der Waals surface area contributed by atoms with Crippen LogP contribution in [0, 0.1) is 5.92 Å². The molecule has 2 N–H and O–H groups in total. The Hall–Kier alpha value is -2.13. The Morgan fingerprint density at radius 2 is 1.96 bits per heavy atom. The number of amides is 2. The minimum atomic E-state index is -3.01. The van der Waals surface area contributed by atoms with E-state index >= 15 is 0 Å². The van der Waals surface area contributed by atoms with Crippen molar-refractivity contribution in [1.29, 1.82) is 0 Å². The first-order valence-corrected chi connectivity index (χ1v) is 10.6. The lowest BCUT2D eigenvalue weighted by atomic mass is 10.2. The SMILES string of the molecule is COc1ccc(NC(=O)C(C)C)c(NC(=O)CN(C)C2CCS(=O)(=O)C2)c1. The van der Waals surface area contributed by atoms with E-state index < -0.39 is 9.84 Å². The molecule has 2 rings (SSSR count). The van der Waals surface area contributed by atoms with Gasteiger partial charge < -0.3 is 15.4 Å². The van der Waals surface area contributed by atoms with Gasteiger partial charge in [-0.3, -0.25) is 14.5 Å². The zero-order valence-electron chi connectivity index (χ0n) is 16.1. The molecule has 27 heavy (non-hydrogen) atoms. The van der Waals surface area contributed by atoms with Gasteiger partial charge in [-0.05, 0) is 25.6 Å². The number of ether oxygens (including phenoxy) is 1. The molecule has 1 aliphatic heterocycles. The molecule has 1 aromatic rings. The minimum Gasteiger partial charge on any atom is -0.497 e. The summed E-state index contributed by atoms with van der Waals surface area (Å²) < 4.78 is 28.4. The summed E-state index contributed by atoms with van der Waals surface area (Å²) in [6.45, 7) is 3.61. The van der Waals surface area contributed by atoms with Crippen LogP contribution in [-0.4, -0.2) is 63.4 Å². The van der Waals surface area contributed by atoms with Gasteiger partial charge in [0.05, 0.1) is 36.5 Å². The number of benzene rings is 1. The maximum Gasteiger partial charge on any atom is 0.238 e. The maximum atomic E-state index is 12.5. The van der Waals surface area contributed by atoms with Crippen LogP contribution < -0.4 is 15.4 Å². The number of anilines is 2. The van der Waals surface area contributed by atoms with Gasteiger partial charge in [0.25, 0.3) is 0 Å². The maximum absolute atomic E-state index is 12.5. The van der Waals surface area contributed by atoms with Gasteiger partial charge in [0.1, 0.15) is 5.75 Å². The number of carbonyl (C=O) groups is 2. The van der Waals surface area contributed by atoms with Crippen LogP contribution in [0.25, 0.3) is 0 Å². The summed E-state index contributed by atoms with van der Waals surface area (Å²) in [6.07, 6.45) is 0.529. The standard InChI is InChI=1S/C18H27N3O5S/c1-12(2)18(23)20-15-6-5-14(26-4)9-16(15)19-17(22)10-21(3)13-7-8-27(24,25)11-13/h5-6,9,12-13H,7-8,10-11H2,1-4H3,(H,19,22)(H,20,23). The quantitative estimate of drug-likeness (QED) is 0.720. The second kappa shape index (κ2) is 8.71. The van der Waals surface area contributed by atoms with Crippen LogP contribution in [0.5, 0.6) is 5.75 Å². The molecule has 1 saturated heterocycles. The van der Waals surface area contributed by atoms with E-state index in [1.54, 1.807) is 44.0 Å². The van der Waals surface area contributed by atoms with E-state index in [-0.39, 0.29) is 41.8 Å². The van der Waals surface area contributed by atoms with Gasteiger partial charge in [0, 0.05) is 18.0 Å². The number of hydrogen-bond donors (Lipinski definition) is 2. The molecule has 8 nitrogen and oxygen atoms in total. The second-order valence-corrected chi connectivity index (χ2v) is 9.30. The van der Waals surface area contributed by atoms with E-state index in [1.165, 1.54) is 7.11 Å². The molecule has 0 saturated carbocycles. The van der Waals surface area contributed by atoms with Crippen molar-refractivity contribution in [1.82, 2.24) is 4.90 Å². The van der Waals surface area contributed by atoms with E-state index in [2.05, 4.69) is 10.6 Å². The number of carbonyl (C=O) groups excluding carboxylic acids is 2. The Morgan fingerprint density at radius 1 is 1.26 bits per heavy atom. The van der Waals surface area contributed by atoms with Crippen molar-refractivity contribution in [3.8, 4) is 5.75 Å². The van der Waals surface area contributed by atoms with E-state index in [1.807, 2.05) is 0 Å². The molecule has 0 bridgehead atoms. The van der Waals surface area contributed by atoms with Gasteiger partial charge in [-0.25, -0.2) is 8.42 Å². The van der Waals surface area contributed by atoms with E-state index in [4.69, 9.17) is 4.74 Å². The fourth-order valence-electron chi connectivity index (χ4n) is 2.81. The number of sulfone groups is 1. The van der Waals surface area contributed by atoms with Crippen LogP contribution in [0.3, 0.4) is 0 Å². The zero-order chi connectivity index (χ0) is 20.2. The Labute approximate surface area is 160 Å². The van der Waals surface area contributed by atoms with Crippen LogP contribution in [0.1, 0.15) is 20.3 Å². The highest BCUT2D eigenvalue weighted by atomic mass is 32.2. The van der Waals surface area contributed by atoms with Crippen molar-refractivity contribution < 1.29 is 22.7 Å². The van der Waals surface area contributed by atoms with E-state index in [0.717, 1.165) is 0 Å². The van der Waals surface area contributed by atoms with Gasteiger partial charge in [-0.1, -0.05) is 13.8 Å². The fourth-order valence-corrected chi connectivity index (χ4v) is 4.61. The molecular weight excluding hydrogens is 370 g/mol. The second-order valence-electron chi connectivity index (χ2n) is 7.08. The molecule has 1 aliphatic rings. The summed E-state index contributed by atoms with van der Waals surface area (Å²) in [5, 5.41) is 5.56. The Morgan fingerprint density at radius 3 is 2.52 bits per heavy atom. The summed E-state index contributed by atoms with van der Waals surface area (Å²) in [5.74, 6) is 0.115. The minimum absolute atomic E-state index is 0.0506. The third kappa shape index (κ3) is 5.93. The fraction of sp³-hybridized carbons (Fsp3) is 0.556. The molecule has 1 atom stereocenters. The highest BCUT2D eigenvalue weighted by Crippen LogP contribution is 2.27. The summed E-state index contributed by atoms with van der Waals surface area (Å²) >= 11 is 0. The first-order valence-electron chi connectivity index (χ1n) is 8.80. The van der Waals surface area contributed by atoms with Gasteiger partial charge in [0.2, 0.25) is 11.8 Å². The highest BCUT2D eigenvalue weighted by molar-refractivity contribution is 7.91. The summed E-state index contributed by atoms with van der Waals surface area (Å²) in [7, 11) is 0.240. The topological polar surface area (TPSA) is 105 Å². The summed E-state index contributed by atoms with van der Waals surface area (Å²) in [5.41, 5.74) is 0.912. The van der Waals surface area contributed by atoms with Crippen LogP contribution in [0.2, 0.25) is 0 Å². The van der Waals surface area contributed by atoms with Crippen molar-refractivity contribution in [2.24, 2.45) is 5.92 Å². The molecule has 0 spiro atoms. The third-order valence-corrected chi connectivity index (χ3v) is 6.26. The number of nitrogens with one attached hydrogen (secondary N) is 2. The molecule has 0 aromatic heterocycles. The monoisotopic (exact) mass is 397 g/mol.